The predicted molar refractivity (Wildman–Crippen MR) is 74.8 cm³/mol. The zero-order chi connectivity index (χ0) is 12.8. The summed E-state index contributed by atoms with van der Waals surface area (Å²) in [5.41, 5.74) is 0.944. The average Bonchev–Trinajstić information content (AvgIpc) is 2.34. The molecule has 0 rings (SSSR count). The molecular weight excluding hydrogens is 194 g/mol. The highest BCUT2D eigenvalue weighted by Crippen LogP contribution is 2.39. The molecule has 98 valence electrons. The Morgan fingerprint density at radius 1 is 0.875 bits per heavy atom. The first-order valence-corrected chi connectivity index (χ1v) is 7.08. The van der Waals surface area contributed by atoms with Crippen molar-refractivity contribution in [3.8, 4) is 0 Å². The van der Waals surface area contributed by atoms with E-state index in [0.717, 1.165) is 0 Å². The third-order valence-corrected chi connectivity index (χ3v) is 5.21. The summed E-state index contributed by atoms with van der Waals surface area (Å²) in [6.45, 7) is 14.2. The van der Waals surface area contributed by atoms with E-state index in [4.69, 9.17) is 0 Å². The average molecular weight is 227 g/mol. The lowest BCUT2D eigenvalue weighted by Crippen LogP contribution is -2.44. The van der Waals surface area contributed by atoms with Crippen molar-refractivity contribution in [2.45, 2.75) is 79.7 Å². The molecule has 1 unspecified atom stereocenters. The van der Waals surface area contributed by atoms with Gasteiger partial charge in [-0.3, -0.25) is 0 Å². The lowest BCUT2D eigenvalue weighted by Gasteiger charge is -2.41. The predicted octanol–water partition coefficient (Wildman–Crippen LogP) is 4.62. The van der Waals surface area contributed by atoms with Crippen molar-refractivity contribution >= 4 is 0 Å². The van der Waals surface area contributed by atoms with E-state index < -0.39 is 0 Å². The maximum absolute atomic E-state index is 3.57. The van der Waals surface area contributed by atoms with Gasteiger partial charge in [0, 0.05) is 6.04 Å². The molecule has 0 heterocycles. The molecule has 0 bridgehead atoms. The molecule has 0 saturated carbocycles. The quantitative estimate of drug-likeness (QED) is 0.638. The lowest BCUT2D eigenvalue weighted by molar-refractivity contribution is 0.132. The Morgan fingerprint density at radius 3 is 1.56 bits per heavy atom. The van der Waals surface area contributed by atoms with Crippen LogP contribution in [0.15, 0.2) is 0 Å². The van der Waals surface area contributed by atoms with Crippen LogP contribution in [0.1, 0.15) is 73.6 Å². The van der Waals surface area contributed by atoms with Gasteiger partial charge in [0.25, 0.3) is 0 Å². The molecule has 0 aromatic heterocycles. The SMILES string of the molecule is CCC(C)(CC)CC(NC)C(C)(CC)CC. The van der Waals surface area contributed by atoms with E-state index in [9.17, 15) is 0 Å². The molecule has 1 N–H and O–H groups in total. The van der Waals surface area contributed by atoms with Gasteiger partial charge in [0.1, 0.15) is 0 Å². The van der Waals surface area contributed by atoms with Crippen molar-refractivity contribution in [3.63, 3.8) is 0 Å². The second-order valence-electron chi connectivity index (χ2n) is 5.92. The molecule has 0 aliphatic heterocycles. The van der Waals surface area contributed by atoms with Crippen LogP contribution in [-0.2, 0) is 0 Å². The van der Waals surface area contributed by atoms with Gasteiger partial charge in [-0.1, -0.05) is 54.4 Å². The smallest absolute Gasteiger partial charge is 0.0123 e. The summed E-state index contributed by atoms with van der Waals surface area (Å²) in [7, 11) is 2.12. The van der Waals surface area contributed by atoms with Crippen molar-refractivity contribution in [1.82, 2.24) is 5.32 Å². The van der Waals surface area contributed by atoms with E-state index in [1.165, 1.54) is 32.1 Å². The number of hydrogen-bond donors (Lipinski definition) is 1. The van der Waals surface area contributed by atoms with Crippen LogP contribution in [0.4, 0.5) is 0 Å². The van der Waals surface area contributed by atoms with Gasteiger partial charge in [-0.15, -0.1) is 0 Å². The maximum atomic E-state index is 3.57. The fourth-order valence-electron chi connectivity index (χ4n) is 2.47. The highest BCUT2D eigenvalue weighted by molar-refractivity contribution is 4.89. The van der Waals surface area contributed by atoms with E-state index in [1.807, 2.05) is 0 Å². The minimum atomic E-state index is 0.445. The Morgan fingerprint density at radius 2 is 1.31 bits per heavy atom. The van der Waals surface area contributed by atoms with E-state index in [2.05, 4.69) is 53.9 Å². The molecule has 0 aromatic rings. The van der Waals surface area contributed by atoms with Crippen LogP contribution in [-0.4, -0.2) is 13.1 Å². The largest absolute Gasteiger partial charge is 0.316 e. The molecule has 1 atom stereocenters. The Hall–Kier alpha value is -0.0400. The molecule has 0 fully saturated rings. The molecule has 0 radical (unpaired) electrons. The van der Waals surface area contributed by atoms with Crippen molar-refractivity contribution in [2.24, 2.45) is 10.8 Å². The standard InChI is InChI=1S/C15H33N/c1-8-14(5,9-2)12-13(16-7)15(6,10-3)11-4/h13,16H,8-12H2,1-7H3. The van der Waals surface area contributed by atoms with Crippen LogP contribution in [0.2, 0.25) is 0 Å². The van der Waals surface area contributed by atoms with E-state index >= 15 is 0 Å². The van der Waals surface area contributed by atoms with Crippen LogP contribution in [0.25, 0.3) is 0 Å². The van der Waals surface area contributed by atoms with Gasteiger partial charge in [0.2, 0.25) is 0 Å². The van der Waals surface area contributed by atoms with Gasteiger partial charge in [-0.25, -0.2) is 0 Å². The first-order chi connectivity index (χ1) is 7.41. The van der Waals surface area contributed by atoms with Gasteiger partial charge >= 0.3 is 0 Å². The molecule has 0 spiro atoms. The second kappa shape index (κ2) is 6.64. The van der Waals surface area contributed by atoms with Crippen LogP contribution in [0.3, 0.4) is 0 Å². The van der Waals surface area contributed by atoms with Crippen molar-refractivity contribution < 1.29 is 0 Å². The van der Waals surface area contributed by atoms with Gasteiger partial charge < -0.3 is 5.32 Å². The third kappa shape index (κ3) is 3.76. The number of rotatable bonds is 8. The zero-order valence-corrected chi connectivity index (χ0v) is 12.6. The zero-order valence-electron chi connectivity index (χ0n) is 12.6. The Bertz CT molecular complexity index is 178. The van der Waals surface area contributed by atoms with Crippen molar-refractivity contribution in [3.05, 3.63) is 0 Å². The van der Waals surface area contributed by atoms with Gasteiger partial charge in [0.05, 0.1) is 0 Å². The molecule has 0 amide bonds. The first kappa shape index (κ1) is 16.0. The highest BCUT2D eigenvalue weighted by Gasteiger charge is 2.34. The molecule has 0 aliphatic rings. The summed E-state index contributed by atoms with van der Waals surface area (Å²) in [5.74, 6) is 0. The molecule has 0 saturated heterocycles. The summed E-state index contributed by atoms with van der Waals surface area (Å²) < 4.78 is 0. The third-order valence-electron chi connectivity index (χ3n) is 5.21. The summed E-state index contributed by atoms with van der Waals surface area (Å²) in [6.07, 6.45) is 6.39. The molecular formula is C15H33N. The first-order valence-electron chi connectivity index (χ1n) is 7.08. The van der Waals surface area contributed by atoms with Crippen molar-refractivity contribution in [1.29, 1.82) is 0 Å². The number of nitrogens with one attached hydrogen (secondary N) is 1. The summed E-state index contributed by atoms with van der Waals surface area (Å²) in [4.78, 5) is 0. The molecule has 1 heteroatoms. The fraction of sp³-hybridized carbons (Fsp3) is 1.00. The monoisotopic (exact) mass is 227 g/mol. The minimum absolute atomic E-state index is 0.445. The van der Waals surface area contributed by atoms with Gasteiger partial charge in [-0.2, -0.15) is 0 Å². The minimum Gasteiger partial charge on any atom is -0.316 e. The van der Waals surface area contributed by atoms with E-state index in [0.29, 0.717) is 16.9 Å². The maximum Gasteiger partial charge on any atom is 0.0123 e. The van der Waals surface area contributed by atoms with Gasteiger partial charge in [-0.05, 0) is 37.1 Å². The van der Waals surface area contributed by atoms with Crippen LogP contribution >= 0.6 is 0 Å². The Balaban J connectivity index is 4.74. The van der Waals surface area contributed by atoms with E-state index in [1.54, 1.807) is 0 Å². The van der Waals surface area contributed by atoms with Gasteiger partial charge in [0.15, 0.2) is 0 Å². The normalized spacial score (nSPS) is 15.2. The lowest BCUT2D eigenvalue weighted by atomic mass is 9.69. The second-order valence-corrected chi connectivity index (χ2v) is 5.92. The highest BCUT2D eigenvalue weighted by atomic mass is 14.9. The van der Waals surface area contributed by atoms with Crippen molar-refractivity contribution in [2.75, 3.05) is 7.05 Å². The topological polar surface area (TPSA) is 12.0 Å². The Kier molecular flexibility index (Phi) is 6.62. The molecule has 0 aromatic carbocycles. The van der Waals surface area contributed by atoms with Crippen LogP contribution in [0.5, 0.6) is 0 Å². The summed E-state index contributed by atoms with van der Waals surface area (Å²) in [5, 5.41) is 3.57. The Labute approximate surface area is 103 Å². The van der Waals surface area contributed by atoms with Crippen LogP contribution < -0.4 is 5.32 Å². The van der Waals surface area contributed by atoms with E-state index in [-0.39, 0.29) is 0 Å². The fourth-order valence-corrected chi connectivity index (χ4v) is 2.47. The summed E-state index contributed by atoms with van der Waals surface area (Å²) >= 11 is 0. The van der Waals surface area contributed by atoms with Crippen LogP contribution in [0, 0.1) is 10.8 Å². The summed E-state index contributed by atoms with van der Waals surface area (Å²) in [6, 6.07) is 0.646. The molecule has 1 nitrogen and oxygen atoms in total. The molecule has 0 aliphatic carbocycles. The number of hydrogen-bond acceptors (Lipinski definition) is 1. The molecule has 16 heavy (non-hydrogen) atoms.